The lowest BCUT2D eigenvalue weighted by molar-refractivity contribution is -0.121. The Morgan fingerprint density at radius 1 is 1.38 bits per heavy atom. The van der Waals surface area contributed by atoms with Gasteiger partial charge in [0.25, 0.3) is 0 Å². The summed E-state index contributed by atoms with van der Waals surface area (Å²) in [5, 5.41) is 11.6. The van der Waals surface area contributed by atoms with Crippen molar-refractivity contribution < 1.29 is 9.59 Å². The molecule has 0 unspecified atom stereocenters. The number of likely N-dealkylation sites (N-methyl/N-ethyl adjacent to an activating group) is 1. The van der Waals surface area contributed by atoms with Crippen LogP contribution in [0.2, 0.25) is 0 Å². The van der Waals surface area contributed by atoms with Gasteiger partial charge in [0.15, 0.2) is 5.82 Å². The molecule has 0 aliphatic carbocycles. The van der Waals surface area contributed by atoms with Crippen molar-refractivity contribution in [3.63, 3.8) is 0 Å². The van der Waals surface area contributed by atoms with E-state index in [-0.39, 0.29) is 18.4 Å². The Labute approximate surface area is 145 Å². The third-order valence-corrected chi connectivity index (χ3v) is 3.86. The standard InChI is InChI=1S/C16H21N5O2S/c1-20(2)10-8-17-16(23)12-21-9-7-14(19-21)18-15(22)6-5-13-4-3-11-24-13/h3-7,9,11H,8,10,12H2,1-2H3,(H,17,23)(H,18,19,22)/b6-5-. The van der Waals surface area contributed by atoms with Crippen LogP contribution in [0.25, 0.3) is 6.08 Å². The lowest BCUT2D eigenvalue weighted by Crippen LogP contribution is -2.33. The summed E-state index contributed by atoms with van der Waals surface area (Å²) in [4.78, 5) is 26.6. The number of hydrogen-bond donors (Lipinski definition) is 2. The van der Waals surface area contributed by atoms with Gasteiger partial charge in [-0.25, -0.2) is 0 Å². The zero-order valence-electron chi connectivity index (χ0n) is 13.7. The van der Waals surface area contributed by atoms with Gasteiger partial charge in [-0.1, -0.05) is 6.07 Å². The molecule has 2 rings (SSSR count). The van der Waals surface area contributed by atoms with Gasteiger partial charge in [0, 0.05) is 36.3 Å². The fourth-order valence-corrected chi connectivity index (χ4v) is 2.47. The molecular formula is C16H21N5O2S. The SMILES string of the molecule is CN(C)CCNC(=O)Cn1ccc(NC(=O)/C=C\c2cccs2)n1. The topological polar surface area (TPSA) is 79.3 Å². The van der Waals surface area contributed by atoms with E-state index in [0.29, 0.717) is 12.4 Å². The first kappa shape index (κ1) is 17.9. The predicted molar refractivity (Wildman–Crippen MR) is 95.8 cm³/mol. The fraction of sp³-hybridized carbons (Fsp3) is 0.312. The molecule has 0 saturated carbocycles. The van der Waals surface area contributed by atoms with E-state index in [4.69, 9.17) is 0 Å². The Bertz CT molecular complexity index is 691. The van der Waals surface area contributed by atoms with Crippen molar-refractivity contribution in [2.45, 2.75) is 6.54 Å². The molecule has 2 amide bonds. The maximum absolute atomic E-state index is 11.8. The maximum Gasteiger partial charge on any atom is 0.249 e. The van der Waals surface area contributed by atoms with E-state index in [2.05, 4.69) is 15.7 Å². The Balaban J connectivity index is 1.78. The normalized spacial score (nSPS) is 11.1. The van der Waals surface area contributed by atoms with E-state index in [1.807, 2.05) is 36.5 Å². The molecule has 0 aliphatic rings. The van der Waals surface area contributed by atoms with Crippen LogP contribution in [-0.2, 0) is 16.1 Å². The third-order valence-electron chi connectivity index (χ3n) is 3.02. The first-order chi connectivity index (χ1) is 11.5. The van der Waals surface area contributed by atoms with Crippen LogP contribution in [0.3, 0.4) is 0 Å². The average Bonchev–Trinajstić information content (AvgIpc) is 3.16. The molecule has 2 N–H and O–H groups in total. The highest BCUT2D eigenvalue weighted by molar-refractivity contribution is 7.10. The monoisotopic (exact) mass is 347 g/mol. The molecule has 128 valence electrons. The quantitative estimate of drug-likeness (QED) is 0.705. The number of anilines is 1. The highest BCUT2D eigenvalue weighted by atomic mass is 32.1. The number of carbonyl (C=O) groups is 2. The Kier molecular flexibility index (Phi) is 6.71. The van der Waals surface area contributed by atoms with Crippen LogP contribution in [0.15, 0.2) is 35.9 Å². The number of carbonyl (C=O) groups excluding carboxylic acids is 2. The van der Waals surface area contributed by atoms with Gasteiger partial charge >= 0.3 is 0 Å². The van der Waals surface area contributed by atoms with E-state index < -0.39 is 0 Å². The second-order valence-corrected chi connectivity index (χ2v) is 6.37. The van der Waals surface area contributed by atoms with Crippen molar-refractivity contribution in [1.82, 2.24) is 20.0 Å². The Morgan fingerprint density at radius 3 is 2.92 bits per heavy atom. The minimum absolute atomic E-state index is 0.115. The summed E-state index contributed by atoms with van der Waals surface area (Å²) in [6, 6.07) is 5.51. The van der Waals surface area contributed by atoms with Gasteiger partial charge in [0.2, 0.25) is 11.8 Å². The smallest absolute Gasteiger partial charge is 0.249 e. The lowest BCUT2D eigenvalue weighted by atomic mass is 10.4. The summed E-state index contributed by atoms with van der Waals surface area (Å²) in [7, 11) is 3.89. The summed E-state index contributed by atoms with van der Waals surface area (Å²) in [5.41, 5.74) is 0. The minimum Gasteiger partial charge on any atom is -0.353 e. The Morgan fingerprint density at radius 2 is 2.21 bits per heavy atom. The van der Waals surface area contributed by atoms with Crippen LogP contribution < -0.4 is 10.6 Å². The van der Waals surface area contributed by atoms with Crippen molar-refractivity contribution in [2.24, 2.45) is 0 Å². The lowest BCUT2D eigenvalue weighted by Gasteiger charge is -2.10. The van der Waals surface area contributed by atoms with E-state index >= 15 is 0 Å². The van der Waals surface area contributed by atoms with Crippen molar-refractivity contribution in [3.8, 4) is 0 Å². The molecule has 0 saturated heterocycles. The van der Waals surface area contributed by atoms with Crippen molar-refractivity contribution in [2.75, 3.05) is 32.5 Å². The summed E-state index contributed by atoms with van der Waals surface area (Å²) in [5.74, 6) is 0.0384. The molecular weight excluding hydrogens is 326 g/mol. The largest absolute Gasteiger partial charge is 0.353 e. The van der Waals surface area contributed by atoms with Crippen molar-refractivity contribution in [1.29, 1.82) is 0 Å². The molecule has 8 heteroatoms. The fourth-order valence-electron chi connectivity index (χ4n) is 1.85. The molecule has 0 aliphatic heterocycles. The number of nitrogens with zero attached hydrogens (tertiary/aromatic N) is 3. The Hall–Kier alpha value is -2.45. The first-order valence-corrected chi connectivity index (χ1v) is 8.38. The molecule has 0 radical (unpaired) electrons. The van der Waals surface area contributed by atoms with Gasteiger partial charge in [-0.15, -0.1) is 11.3 Å². The van der Waals surface area contributed by atoms with Gasteiger partial charge in [-0.3, -0.25) is 14.3 Å². The maximum atomic E-state index is 11.8. The van der Waals surface area contributed by atoms with E-state index in [0.717, 1.165) is 11.4 Å². The molecule has 0 aromatic carbocycles. The number of nitrogens with one attached hydrogen (secondary N) is 2. The first-order valence-electron chi connectivity index (χ1n) is 7.50. The molecule has 0 bridgehead atoms. The average molecular weight is 347 g/mol. The zero-order valence-corrected chi connectivity index (χ0v) is 14.5. The van der Waals surface area contributed by atoms with Crippen LogP contribution in [0, 0.1) is 0 Å². The van der Waals surface area contributed by atoms with Crippen LogP contribution in [0.1, 0.15) is 4.88 Å². The van der Waals surface area contributed by atoms with E-state index in [1.54, 1.807) is 29.7 Å². The van der Waals surface area contributed by atoms with Gasteiger partial charge in [-0.2, -0.15) is 5.10 Å². The minimum atomic E-state index is -0.260. The molecule has 0 spiro atoms. The van der Waals surface area contributed by atoms with Crippen LogP contribution in [-0.4, -0.2) is 53.7 Å². The zero-order chi connectivity index (χ0) is 17.4. The molecule has 24 heavy (non-hydrogen) atoms. The number of rotatable bonds is 8. The highest BCUT2D eigenvalue weighted by Crippen LogP contribution is 2.10. The van der Waals surface area contributed by atoms with Crippen LogP contribution in [0.5, 0.6) is 0 Å². The molecule has 0 fully saturated rings. The summed E-state index contributed by atoms with van der Waals surface area (Å²) < 4.78 is 1.49. The van der Waals surface area contributed by atoms with Crippen molar-refractivity contribution in [3.05, 3.63) is 40.7 Å². The van der Waals surface area contributed by atoms with Gasteiger partial charge in [0.1, 0.15) is 6.54 Å². The predicted octanol–water partition coefficient (Wildman–Crippen LogP) is 1.27. The molecule has 0 atom stereocenters. The van der Waals surface area contributed by atoms with Gasteiger partial charge in [-0.05, 0) is 31.6 Å². The molecule has 2 heterocycles. The summed E-state index contributed by atoms with van der Waals surface area (Å²) >= 11 is 1.56. The number of thiophene rings is 1. The molecule has 2 aromatic rings. The molecule has 2 aromatic heterocycles. The second kappa shape index (κ2) is 8.99. The van der Waals surface area contributed by atoms with Gasteiger partial charge in [0.05, 0.1) is 0 Å². The highest BCUT2D eigenvalue weighted by Gasteiger charge is 2.06. The third kappa shape index (κ3) is 6.35. The summed E-state index contributed by atoms with van der Waals surface area (Å²) in [6.45, 7) is 1.49. The summed E-state index contributed by atoms with van der Waals surface area (Å²) in [6.07, 6.45) is 4.86. The number of aromatic nitrogens is 2. The van der Waals surface area contributed by atoms with Crippen LogP contribution in [0.4, 0.5) is 5.82 Å². The van der Waals surface area contributed by atoms with Crippen molar-refractivity contribution >= 4 is 35.0 Å². The van der Waals surface area contributed by atoms with E-state index in [9.17, 15) is 9.59 Å². The number of hydrogen-bond acceptors (Lipinski definition) is 5. The van der Waals surface area contributed by atoms with Gasteiger partial charge < -0.3 is 15.5 Å². The number of amides is 2. The van der Waals surface area contributed by atoms with Crippen LogP contribution >= 0.6 is 11.3 Å². The van der Waals surface area contributed by atoms with E-state index in [1.165, 1.54) is 10.8 Å². The second-order valence-electron chi connectivity index (χ2n) is 5.39. The molecule has 7 nitrogen and oxygen atoms in total.